The van der Waals surface area contributed by atoms with Gasteiger partial charge in [0.25, 0.3) is 0 Å². The van der Waals surface area contributed by atoms with E-state index in [1.54, 1.807) is 6.07 Å². The molecule has 24 heavy (non-hydrogen) atoms. The topological polar surface area (TPSA) is 34.0 Å². The molecule has 124 valence electrons. The summed E-state index contributed by atoms with van der Waals surface area (Å²) >= 11 is 12.4. The number of aryl methyl sites for hydroxylation is 1. The lowest BCUT2D eigenvalue weighted by atomic mass is 10.2. The Bertz CT molecular complexity index is 830. The zero-order chi connectivity index (χ0) is 17.1. The maximum atomic E-state index is 6.28. The zero-order valence-corrected chi connectivity index (χ0v) is 15.1. The first kappa shape index (κ1) is 17.0. The van der Waals surface area contributed by atoms with Crippen LogP contribution in [-0.2, 0) is 13.2 Å². The highest BCUT2D eigenvalue weighted by Crippen LogP contribution is 2.26. The standard InChI is InChI=1S/C18H18Cl2N4/c1-13-21-18(14-7-4-3-5-8-14)24(22-13)12-23(2)11-15-9-6-10-16(19)17(15)20/h3-10H,11-12H2,1-2H3. The molecular weight excluding hydrogens is 343 g/mol. The summed E-state index contributed by atoms with van der Waals surface area (Å²) in [6, 6.07) is 15.7. The molecule has 0 unspecified atom stereocenters. The molecular formula is C18H18Cl2N4. The van der Waals surface area contributed by atoms with Crippen molar-refractivity contribution in [1.29, 1.82) is 0 Å². The lowest BCUT2D eigenvalue weighted by Crippen LogP contribution is -2.23. The van der Waals surface area contributed by atoms with Crippen molar-refractivity contribution >= 4 is 23.2 Å². The second-order valence-electron chi connectivity index (χ2n) is 5.72. The van der Waals surface area contributed by atoms with Gasteiger partial charge in [-0.25, -0.2) is 9.67 Å². The zero-order valence-electron chi connectivity index (χ0n) is 13.6. The fourth-order valence-corrected chi connectivity index (χ4v) is 2.97. The molecule has 4 nitrogen and oxygen atoms in total. The molecule has 3 aromatic rings. The Hall–Kier alpha value is -1.88. The van der Waals surface area contributed by atoms with Crippen molar-refractivity contribution in [3.63, 3.8) is 0 Å². The SMILES string of the molecule is Cc1nc(-c2ccccc2)n(CN(C)Cc2cccc(Cl)c2Cl)n1. The summed E-state index contributed by atoms with van der Waals surface area (Å²) in [5.74, 6) is 1.61. The monoisotopic (exact) mass is 360 g/mol. The number of hydrogen-bond acceptors (Lipinski definition) is 3. The lowest BCUT2D eigenvalue weighted by molar-refractivity contribution is 0.247. The minimum absolute atomic E-state index is 0.573. The Morgan fingerprint density at radius 3 is 2.54 bits per heavy atom. The van der Waals surface area contributed by atoms with Crippen LogP contribution in [0.2, 0.25) is 10.0 Å². The van der Waals surface area contributed by atoms with Gasteiger partial charge in [-0.15, -0.1) is 0 Å². The van der Waals surface area contributed by atoms with Crippen LogP contribution in [-0.4, -0.2) is 26.7 Å². The minimum atomic E-state index is 0.573. The van der Waals surface area contributed by atoms with Crippen LogP contribution >= 0.6 is 23.2 Å². The third-order valence-electron chi connectivity index (χ3n) is 3.66. The van der Waals surface area contributed by atoms with Gasteiger partial charge in [0, 0.05) is 12.1 Å². The van der Waals surface area contributed by atoms with E-state index in [0.717, 1.165) is 22.8 Å². The summed E-state index contributed by atoms with van der Waals surface area (Å²) in [5.41, 5.74) is 2.04. The van der Waals surface area contributed by atoms with E-state index in [-0.39, 0.29) is 0 Å². The van der Waals surface area contributed by atoms with E-state index in [0.29, 0.717) is 23.3 Å². The van der Waals surface area contributed by atoms with E-state index >= 15 is 0 Å². The summed E-state index contributed by atoms with van der Waals surface area (Å²) in [5, 5.41) is 5.69. The van der Waals surface area contributed by atoms with E-state index < -0.39 is 0 Å². The highest BCUT2D eigenvalue weighted by molar-refractivity contribution is 6.42. The molecule has 0 aliphatic rings. The normalized spacial score (nSPS) is 11.2. The number of benzene rings is 2. The smallest absolute Gasteiger partial charge is 0.159 e. The van der Waals surface area contributed by atoms with Crippen molar-refractivity contribution in [3.05, 3.63) is 70.0 Å². The van der Waals surface area contributed by atoms with Crippen LogP contribution in [0.15, 0.2) is 48.5 Å². The molecule has 0 N–H and O–H groups in total. The van der Waals surface area contributed by atoms with Gasteiger partial charge in [0.05, 0.1) is 16.7 Å². The molecule has 0 saturated heterocycles. The quantitative estimate of drug-likeness (QED) is 0.663. The first-order valence-corrected chi connectivity index (χ1v) is 8.38. The van der Waals surface area contributed by atoms with Crippen LogP contribution in [0.1, 0.15) is 11.4 Å². The maximum absolute atomic E-state index is 6.28. The van der Waals surface area contributed by atoms with E-state index in [2.05, 4.69) is 15.0 Å². The van der Waals surface area contributed by atoms with Crippen LogP contribution in [0.5, 0.6) is 0 Å². The van der Waals surface area contributed by atoms with Gasteiger partial charge in [-0.2, -0.15) is 5.10 Å². The third kappa shape index (κ3) is 3.78. The van der Waals surface area contributed by atoms with Crippen molar-refractivity contribution in [2.24, 2.45) is 0 Å². The van der Waals surface area contributed by atoms with Crippen LogP contribution < -0.4 is 0 Å². The Morgan fingerprint density at radius 1 is 1.04 bits per heavy atom. The van der Waals surface area contributed by atoms with E-state index in [9.17, 15) is 0 Å². The number of aromatic nitrogens is 3. The molecule has 3 rings (SSSR count). The van der Waals surface area contributed by atoms with Crippen LogP contribution in [0, 0.1) is 6.92 Å². The third-order valence-corrected chi connectivity index (χ3v) is 4.51. The molecule has 2 aromatic carbocycles. The second kappa shape index (κ2) is 7.34. The molecule has 0 amide bonds. The van der Waals surface area contributed by atoms with Crippen molar-refractivity contribution in [3.8, 4) is 11.4 Å². The molecule has 0 spiro atoms. The Labute approximate surface area is 151 Å². The molecule has 0 radical (unpaired) electrons. The summed E-state index contributed by atoms with van der Waals surface area (Å²) < 4.78 is 1.91. The first-order valence-electron chi connectivity index (χ1n) is 7.63. The van der Waals surface area contributed by atoms with Gasteiger partial charge in [-0.3, -0.25) is 4.90 Å². The molecule has 6 heteroatoms. The summed E-state index contributed by atoms with van der Waals surface area (Å²) in [7, 11) is 2.02. The lowest BCUT2D eigenvalue weighted by Gasteiger charge is -2.18. The van der Waals surface area contributed by atoms with E-state index in [1.165, 1.54) is 0 Å². The molecule has 0 fully saturated rings. The molecule has 0 aliphatic heterocycles. The van der Waals surface area contributed by atoms with Gasteiger partial charge < -0.3 is 0 Å². The number of halogens is 2. The highest BCUT2D eigenvalue weighted by Gasteiger charge is 2.13. The average molecular weight is 361 g/mol. The van der Waals surface area contributed by atoms with E-state index in [4.69, 9.17) is 23.2 Å². The molecule has 0 bridgehead atoms. The predicted octanol–water partition coefficient (Wildman–Crippen LogP) is 4.65. The van der Waals surface area contributed by atoms with Gasteiger partial charge in [-0.1, -0.05) is 65.7 Å². The average Bonchev–Trinajstić information content (AvgIpc) is 2.93. The summed E-state index contributed by atoms with van der Waals surface area (Å²) in [6.07, 6.45) is 0. The van der Waals surface area contributed by atoms with E-state index in [1.807, 2.05) is 61.1 Å². The van der Waals surface area contributed by atoms with Gasteiger partial charge in [0.1, 0.15) is 5.82 Å². The minimum Gasteiger partial charge on any atom is -0.283 e. The summed E-state index contributed by atoms with van der Waals surface area (Å²) in [4.78, 5) is 6.67. The number of rotatable bonds is 5. The molecule has 0 saturated carbocycles. The van der Waals surface area contributed by atoms with Crippen LogP contribution in [0.3, 0.4) is 0 Å². The molecule has 0 atom stereocenters. The Balaban J connectivity index is 1.80. The second-order valence-corrected chi connectivity index (χ2v) is 6.50. The van der Waals surface area contributed by atoms with Crippen LogP contribution in [0.25, 0.3) is 11.4 Å². The van der Waals surface area contributed by atoms with Gasteiger partial charge in [0.2, 0.25) is 0 Å². The number of hydrogen-bond donors (Lipinski definition) is 0. The van der Waals surface area contributed by atoms with Crippen molar-refractivity contribution in [1.82, 2.24) is 19.7 Å². The maximum Gasteiger partial charge on any atom is 0.159 e. The largest absolute Gasteiger partial charge is 0.283 e. The van der Waals surface area contributed by atoms with Crippen LogP contribution in [0.4, 0.5) is 0 Å². The Morgan fingerprint density at radius 2 is 1.79 bits per heavy atom. The predicted molar refractivity (Wildman–Crippen MR) is 98.1 cm³/mol. The summed E-state index contributed by atoms with van der Waals surface area (Å²) in [6.45, 7) is 3.18. The highest BCUT2D eigenvalue weighted by atomic mass is 35.5. The molecule has 0 aliphatic carbocycles. The van der Waals surface area contributed by atoms with Crippen molar-refractivity contribution in [2.75, 3.05) is 7.05 Å². The van der Waals surface area contributed by atoms with Gasteiger partial charge in [0.15, 0.2) is 5.82 Å². The van der Waals surface area contributed by atoms with Crippen molar-refractivity contribution in [2.45, 2.75) is 20.1 Å². The van der Waals surface area contributed by atoms with Gasteiger partial charge >= 0.3 is 0 Å². The Kier molecular flexibility index (Phi) is 5.19. The fourth-order valence-electron chi connectivity index (χ4n) is 2.59. The number of nitrogens with zero attached hydrogens (tertiary/aromatic N) is 4. The molecule has 1 heterocycles. The first-order chi connectivity index (χ1) is 11.5. The molecule has 1 aromatic heterocycles. The fraction of sp³-hybridized carbons (Fsp3) is 0.222. The van der Waals surface area contributed by atoms with Gasteiger partial charge in [-0.05, 0) is 25.6 Å². The van der Waals surface area contributed by atoms with Crippen molar-refractivity contribution < 1.29 is 0 Å².